The second kappa shape index (κ2) is 3.83. The number of thiophene rings is 1. The van der Waals surface area contributed by atoms with Crippen LogP contribution in [0.15, 0.2) is 17.8 Å². The quantitative estimate of drug-likeness (QED) is 0.751. The second-order valence-corrected chi connectivity index (χ2v) is 5.53. The molecule has 2 rings (SSSR count). The third kappa shape index (κ3) is 2.04. The molecule has 2 heterocycles. The molecular formula is C11H13N3OS. The first-order valence-electron chi connectivity index (χ1n) is 4.97. The maximum atomic E-state index is 10.6. The van der Waals surface area contributed by atoms with Crippen molar-refractivity contribution in [3.05, 3.63) is 28.5 Å². The lowest BCUT2D eigenvalue weighted by atomic mass is 9.96. The Labute approximate surface area is 97.9 Å². The number of carbonyl (C=O) groups is 1. The normalized spacial score (nSPS) is 11.7. The van der Waals surface area contributed by atoms with E-state index < -0.39 is 0 Å². The summed E-state index contributed by atoms with van der Waals surface area (Å²) in [6, 6.07) is 1.80. The van der Waals surface area contributed by atoms with Crippen LogP contribution < -0.4 is 0 Å². The van der Waals surface area contributed by atoms with Gasteiger partial charge in [-0.05, 0) is 6.07 Å². The molecule has 0 bridgehead atoms. The molecule has 0 spiro atoms. The van der Waals surface area contributed by atoms with Crippen LogP contribution in [0.3, 0.4) is 0 Å². The Bertz CT molecular complexity index is 507. The van der Waals surface area contributed by atoms with Crippen LogP contribution in [0.4, 0.5) is 0 Å². The predicted molar refractivity (Wildman–Crippen MR) is 63.3 cm³/mol. The molecule has 0 fully saturated rings. The van der Waals surface area contributed by atoms with Gasteiger partial charge >= 0.3 is 0 Å². The summed E-state index contributed by atoms with van der Waals surface area (Å²) in [7, 11) is 0. The summed E-state index contributed by atoms with van der Waals surface area (Å²) >= 11 is 1.40. The predicted octanol–water partition coefficient (Wildman–Crippen LogP) is 2.44. The van der Waals surface area contributed by atoms with Gasteiger partial charge in [-0.25, -0.2) is 9.67 Å². The lowest BCUT2D eigenvalue weighted by molar-refractivity contribution is 0.112. The average molecular weight is 235 g/mol. The highest BCUT2D eigenvalue weighted by Gasteiger charge is 2.19. The van der Waals surface area contributed by atoms with E-state index in [0.717, 1.165) is 17.8 Å². The van der Waals surface area contributed by atoms with Crippen molar-refractivity contribution in [1.82, 2.24) is 14.8 Å². The van der Waals surface area contributed by atoms with Crippen molar-refractivity contribution >= 4 is 17.6 Å². The summed E-state index contributed by atoms with van der Waals surface area (Å²) < 4.78 is 1.70. The molecule has 0 saturated heterocycles. The number of hydrogen-bond acceptors (Lipinski definition) is 4. The van der Waals surface area contributed by atoms with Gasteiger partial charge in [-0.1, -0.05) is 20.8 Å². The molecular weight excluding hydrogens is 222 g/mol. The first-order valence-corrected chi connectivity index (χ1v) is 5.85. The Morgan fingerprint density at radius 2 is 2.19 bits per heavy atom. The fourth-order valence-corrected chi connectivity index (χ4v) is 1.93. The summed E-state index contributed by atoms with van der Waals surface area (Å²) in [5.41, 5.74) is 0.824. The Morgan fingerprint density at radius 3 is 2.69 bits per heavy atom. The topological polar surface area (TPSA) is 47.8 Å². The molecule has 2 aromatic rings. The second-order valence-electron chi connectivity index (χ2n) is 4.59. The van der Waals surface area contributed by atoms with Gasteiger partial charge in [0.2, 0.25) is 0 Å². The minimum absolute atomic E-state index is 0.0608. The Kier molecular flexibility index (Phi) is 2.63. The number of aldehydes is 1. The van der Waals surface area contributed by atoms with Crippen LogP contribution >= 0.6 is 11.3 Å². The molecule has 0 N–H and O–H groups in total. The molecule has 2 aromatic heterocycles. The fraction of sp³-hybridized carbons (Fsp3) is 0.364. The van der Waals surface area contributed by atoms with Gasteiger partial charge in [0.1, 0.15) is 6.33 Å². The lowest BCUT2D eigenvalue weighted by Crippen LogP contribution is -2.13. The van der Waals surface area contributed by atoms with Gasteiger partial charge < -0.3 is 0 Å². The van der Waals surface area contributed by atoms with E-state index in [1.165, 1.54) is 11.3 Å². The summed E-state index contributed by atoms with van der Waals surface area (Å²) in [6.45, 7) is 6.20. The minimum Gasteiger partial charge on any atom is -0.297 e. The van der Waals surface area contributed by atoms with Crippen molar-refractivity contribution < 1.29 is 4.79 Å². The van der Waals surface area contributed by atoms with E-state index in [-0.39, 0.29) is 5.41 Å². The first kappa shape index (κ1) is 11.0. The summed E-state index contributed by atoms with van der Waals surface area (Å²) in [5, 5.41) is 6.29. The van der Waals surface area contributed by atoms with E-state index >= 15 is 0 Å². The molecule has 0 aromatic carbocycles. The molecule has 16 heavy (non-hydrogen) atoms. The van der Waals surface area contributed by atoms with Crippen LogP contribution in [0.2, 0.25) is 0 Å². The van der Waals surface area contributed by atoms with Crippen molar-refractivity contribution in [2.24, 2.45) is 0 Å². The molecule has 0 amide bonds. The summed E-state index contributed by atoms with van der Waals surface area (Å²) in [4.78, 5) is 15.5. The zero-order valence-electron chi connectivity index (χ0n) is 9.47. The Hall–Kier alpha value is -1.49. The van der Waals surface area contributed by atoms with Gasteiger partial charge in [0.05, 0.1) is 10.6 Å². The van der Waals surface area contributed by atoms with Crippen molar-refractivity contribution in [3.8, 4) is 5.69 Å². The van der Waals surface area contributed by atoms with E-state index in [4.69, 9.17) is 0 Å². The minimum atomic E-state index is -0.0608. The molecule has 0 aliphatic rings. The summed E-state index contributed by atoms with van der Waals surface area (Å²) in [6.07, 6.45) is 2.52. The largest absolute Gasteiger partial charge is 0.297 e. The van der Waals surface area contributed by atoms with Crippen LogP contribution in [0, 0.1) is 0 Å². The highest BCUT2D eigenvalue weighted by molar-refractivity contribution is 7.12. The van der Waals surface area contributed by atoms with Crippen molar-refractivity contribution in [1.29, 1.82) is 0 Å². The van der Waals surface area contributed by atoms with Crippen LogP contribution in [-0.4, -0.2) is 21.1 Å². The number of carbonyl (C=O) groups excluding carboxylic acids is 1. The SMILES string of the molecule is CC(C)(C)c1ncn(-c2csc(C=O)c2)n1. The van der Waals surface area contributed by atoms with Crippen molar-refractivity contribution in [3.63, 3.8) is 0 Å². The number of aromatic nitrogens is 3. The van der Waals surface area contributed by atoms with Gasteiger partial charge in [-0.2, -0.15) is 5.10 Å². The van der Waals surface area contributed by atoms with E-state index in [0.29, 0.717) is 4.88 Å². The van der Waals surface area contributed by atoms with Crippen LogP contribution in [0.5, 0.6) is 0 Å². The number of rotatable bonds is 2. The molecule has 0 saturated carbocycles. The van der Waals surface area contributed by atoms with Gasteiger partial charge in [0.25, 0.3) is 0 Å². The van der Waals surface area contributed by atoms with Crippen LogP contribution in [0.25, 0.3) is 5.69 Å². The molecule has 0 unspecified atom stereocenters. The maximum Gasteiger partial charge on any atom is 0.160 e. The summed E-state index contributed by atoms with van der Waals surface area (Å²) in [5.74, 6) is 0.798. The van der Waals surface area contributed by atoms with E-state index in [1.807, 2.05) is 5.38 Å². The van der Waals surface area contributed by atoms with Crippen molar-refractivity contribution in [2.45, 2.75) is 26.2 Å². The van der Waals surface area contributed by atoms with Crippen molar-refractivity contribution in [2.75, 3.05) is 0 Å². The van der Waals surface area contributed by atoms with E-state index in [9.17, 15) is 4.79 Å². The Morgan fingerprint density at radius 1 is 1.44 bits per heavy atom. The standard InChI is InChI=1S/C11H13N3OS/c1-11(2,3)10-12-7-14(13-10)8-4-9(5-15)16-6-8/h4-7H,1-3H3. The van der Waals surface area contributed by atoms with E-state index in [2.05, 4.69) is 30.9 Å². The third-order valence-corrected chi connectivity index (χ3v) is 2.99. The lowest BCUT2D eigenvalue weighted by Gasteiger charge is -2.12. The van der Waals surface area contributed by atoms with Crippen LogP contribution in [0.1, 0.15) is 36.3 Å². The van der Waals surface area contributed by atoms with Crippen LogP contribution in [-0.2, 0) is 5.41 Å². The zero-order valence-corrected chi connectivity index (χ0v) is 10.3. The average Bonchev–Trinajstić information content (AvgIpc) is 2.85. The highest BCUT2D eigenvalue weighted by atomic mass is 32.1. The van der Waals surface area contributed by atoms with Gasteiger partial charge in [-0.15, -0.1) is 11.3 Å². The maximum absolute atomic E-state index is 10.6. The smallest absolute Gasteiger partial charge is 0.160 e. The fourth-order valence-electron chi connectivity index (χ4n) is 1.26. The Balaban J connectivity index is 2.35. The third-order valence-electron chi connectivity index (χ3n) is 2.15. The number of nitrogens with zero attached hydrogens (tertiary/aromatic N) is 3. The number of hydrogen-bond donors (Lipinski definition) is 0. The van der Waals surface area contributed by atoms with Gasteiger partial charge in [0, 0.05) is 10.8 Å². The van der Waals surface area contributed by atoms with Gasteiger partial charge in [-0.3, -0.25) is 4.79 Å². The van der Waals surface area contributed by atoms with E-state index in [1.54, 1.807) is 17.1 Å². The monoisotopic (exact) mass is 235 g/mol. The molecule has 4 nitrogen and oxygen atoms in total. The highest BCUT2D eigenvalue weighted by Crippen LogP contribution is 2.20. The molecule has 5 heteroatoms. The molecule has 84 valence electrons. The first-order chi connectivity index (χ1) is 7.50. The molecule has 0 atom stereocenters. The molecule has 0 aliphatic heterocycles. The molecule has 0 aliphatic carbocycles. The zero-order chi connectivity index (χ0) is 11.8. The molecule has 0 radical (unpaired) electrons. The van der Waals surface area contributed by atoms with Gasteiger partial charge in [0.15, 0.2) is 12.1 Å².